The largest absolute Gasteiger partial charge is 0.508 e. The summed E-state index contributed by atoms with van der Waals surface area (Å²) in [4.78, 5) is 146. The predicted octanol–water partition coefficient (Wildman–Crippen LogP) is 10.7. The van der Waals surface area contributed by atoms with E-state index in [1.54, 1.807) is 146 Å². The third-order valence-electron chi connectivity index (χ3n) is 21.6. The molecule has 8 N–H and O–H groups in total. The van der Waals surface area contributed by atoms with Gasteiger partial charge in [0.1, 0.15) is 49.5 Å². The molecule has 0 spiro atoms. The second-order valence-electron chi connectivity index (χ2n) is 32.5. The number of fused-ring (bicyclic) bond motifs is 3. The van der Waals surface area contributed by atoms with Gasteiger partial charge >= 0.3 is 25.2 Å². The number of hydrogen-bond acceptors (Lipinski definition) is 19. The van der Waals surface area contributed by atoms with Crippen LogP contribution in [0.5, 0.6) is 17.2 Å². The van der Waals surface area contributed by atoms with Crippen molar-refractivity contribution in [2.75, 3.05) is 53.0 Å². The van der Waals surface area contributed by atoms with Crippen LogP contribution in [0.25, 0.3) is 22.3 Å². The first kappa shape index (κ1) is 90.4. The molecule has 9 aromatic rings. The molecule has 0 saturated carbocycles. The van der Waals surface area contributed by atoms with Gasteiger partial charge in [-0.2, -0.15) is 8.78 Å². The van der Waals surface area contributed by atoms with Crippen LogP contribution in [0.15, 0.2) is 192 Å². The standard InChI is InChI=1S/C33H35FN4O5Si.C27H22N4O5.C25H29BrN2O5Si.C5H5BFNO2/c1-5-6-16-43-26-14-11-24-20-37(30(39)28(24)19-26)21-33(25-12-9-23(10-13-25)27-8-7-15-35-29(27)34)31(40)38(32(41)36-33)22-42-17-18-44(2,3)4;1-2-3-13-36-20-11-8-18-15-31(24(33)22(18)14-20)16-27(25(34)29-26(35)30-27)19-9-6-17(7-10-19)21-5-4-12-28-23(21)32;1-34(2,3)11-10-33-15-28-23(31)25(27-24(28)32,18-5-7-19(26)8-6-18)14-17-12-16-4-9-20(29)13-21(16)22(17)30;7-5-4(6(9)10)2-1-3-8-5/h7-15,19H,16-18,20-22H2,1-4H3,(H,36,41);4-12,14H,13,15-16H2,1H3,(H,28,32)(H2,29,30,34,35);4-9,13,17,29H,10-12,14-15H2,1-3H3,(H,27,32);1-3,9-10H/t33-;27-;17?,25-;/m000./s1. The number of pyridine rings is 3. The summed E-state index contributed by atoms with van der Waals surface area (Å²) < 4.78 is 50.4. The molecular formula is C90H91BBrF2N11O17Si2. The summed E-state index contributed by atoms with van der Waals surface area (Å²) in [6.07, 6.45) is 4.73. The number of nitrogens with zero attached hydrogens (tertiary/aromatic N) is 6. The Balaban J connectivity index is 0.000000161. The molecule has 3 fully saturated rings. The molecule has 3 aromatic heterocycles. The number of benzene rings is 6. The summed E-state index contributed by atoms with van der Waals surface area (Å²) in [5, 5.41) is 37.6. The van der Waals surface area contributed by atoms with Crippen molar-refractivity contribution in [2.24, 2.45) is 5.92 Å². The van der Waals surface area contributed by atoms with Crippen molar-refractivity contribution >= 4 is 98.1 Å². The highest BCUT2D eigenvalue weighted by Crippen LogP contribution is 2.43. The van der Waals surface area contributed by atoms with Gasteiger partial charge in [-0.3, -0.25) is 38.9 Å². The molecule has 11 amide bonds. The number of ketones is 1. The lowest BCUT2D eigenvalue weighted by Gasteiger charge is -2.32. The van der Waals surface area contributed by atoms with Crippen LogP contribution in [-0.4, -0.2) is 179 Å². The molecule has 124 heavy (non-hydrogen) atoms. The molecule has 6 aromatic carbocycles. The van der Waals surface area contributed by atoms with E-state index in [0.717, 1.165) is 43.1 Å². The Kier molecular flexibility index (Phi) is 28.2. The van der Waals surface area contributed by atoms with Crippen LogP contribution in [0.4, 0.5) is 23.2 Å². The molecule has 640 valence electrons. The zero-order chi connectivity index (χ0) is 89.0. The highest BCUT2D eigenvalue weighted by atomic mass is 79.9. The van der Waals surface area contributed by atoms with E-state index in [1.165, 1.54) is 35.5 Å². The first-order chi connectivity index (χ1) is 59.1. The van der Waals surface area contributed by atoms with E-state index < -0.39 is 93.5 Å². The summed E-state index contributed by atoms with van der Waals surface area (Å²) in [6, 6.07) is 45.4. The van der Waals surface area contributed by atoms with Crippen molar-refractivity contribution in [3.05, 3.63) is 259 Å². The van der Waals surface area contributed by atoms with E-state index in [2.05, 4.69) is 115 Å². The van der Waals surface area contributed by atoms with E-state index in [9.17, 15) is 61.8 Å². The van der Waals surface area contributed by atoms with Gasteiger partial charge in [-0.1, -0.05) is 152 Å². The fraction of sp³-hybridized carbons (Fsp3) is 0.289. The minimum atomic E-state index is -1.78. The number of Topliss-reactive ketones (excluding diaryl/α,β-unsaturated/α-hetero) is 1. The number of carbonyl (C=O) groups excluding carboxylic acids is 9. The van der Waals surface area contributed by atoms with E-state index in [0.29, 0.717) is 86.8 Å². The van der Waals surface area contributed by atoms with Gasteiger partial charge in [0.15, 0.2) is 16.9 Å². The maximum Gasteiger partial charge on any atom is 0.493 e. The monoisotopic (exact) mass is 1780 g/mol. The van der Waals surface area contributed by atoms with Crippen LogP contribution in [0.2, 0.25) is 51.4 Å². The Morgan fingerprint density at radius 3 is 1.53 bits per heavy atom. The smallest absolute Gasteiger partial charge is 0.493 e. The molecule has 8 heterocycles. The van der Waals surface area contributed by atoms with Gasteiger partial charge in [0.2, 0.25) is 11.9 Å². The lowest BCUT2D eigenvalue weighted by Crippen LogP contribution is -2.53. The number of hydrogen-bond donors (Lipinski definition) is 8. The third kappa shape index (κ3) is 20.6. The fourth-order valence-corrected chi connectivity index (χ4v) is 16.7. The number of carbonyl (C=O) groups is 9. The van der Waals surface area contributed by atoms with Gasteiger partial charge in [-0.15, -0.1) is 11.8 Å². The molecular weight excluding hydrogens is 1690 g/mol. The lowest BCUT2D eigenvalue weighted by atomic mass is 9.80. The van der Waals surface area contributed by atoms with E-state index in [-0.39, 0.29) is 93.6 Å². The first-order valence-electron chi connectivity index (χ1n) is 39.7. The van der Waals surface area contributed by atoms with E-state index in [1.807, 2.05) is 24.3 Å². The van der Waals surface area contributed by atoms with Crippen molar-refractivity contribution in [3.63, 3.8) is 0 Å². The number of imide groups is 3. The Labute approximate surface area is 724 Å². The zero-order valence-corrected chi connectivity index (χ0v) is 72.8. The number of H-pyrrole nitrogens is 1. The zero-order valence-electron chi connectivity index (χ0n) is 69.2. The maximum atomic E-state index is 14.4. The van der Waals surface area contributed by atoms with Crippen molar-refractivity contribution < 1.29 is 86.0 Å². The van der Waals surface area contributed by atoms with Crippen LogP contribution in [0.3, 0.4) is 0 Å². The minimum absolute atomic E-state index is 0.0299. The van der Waals surface area contributed by atoms with Gasteiger partial charge in [-0.25, -0.2) is 34.2 Å². The second kappa shape index (κ2) is 38.7. The minimum Gasteiger partial charge on any atom is -0.508 e. The Morgan fingerprint density at radius 1 is 0.548 bits per heavy atom. The quantitative estimate of drug-likeness (QED) is 0.00821. The molecule has 28 nitrogen and oxygen atoms in total. The molecule has 0 bridgehead atoms. The number of phenolic OH excluding ortho intramolecular Hbond substituents is 1. The van der Waals surface area contributed by atoms with Crippen LogP contribution >= 0.6 is 15.9 Å². The molecule has 0 radical (unpaired) electrons. The highest BCUT2D eigenvalue weighted by Gasteiger charge is 2.57. The summed E-state index contributed by atoms with van der Waals surface area (Å²) in [5.74, 6) is 8.08. The molecule has 15 rings (SSSR count). The average molecular weight is 1780 g/mol. The number of nitrogens with one attached hydrogen (secondary N) is 5. The van der Waals surface area contributed by atoms with Gasteiger partial charge in [0.05, 0.1) is 13.1 Å². The van der Waals surface area contributed by atoms with Gasteiger partial charge in [0.25, 0.3) is 35.1 Å². The van der Waals surface area contributed by atoms with Crippen molar-refractivity contribution in [1.29, 1.82) is 0 Å². The number of amides is 11. The summed E-state index contributed by atoms with van der Waals surface area (Å²) in [7, 11) is -4.48. The number of rotatable bonds is 26. The van der Waals surface area contributed by atoms with Crippen LogP contribution in [-0.2, 0) is 60.0 Å². The predicted molar refractivity (Wildman–Crippen MR) is 465 cm³/mol. The van der Waals surface area contributed by atoms with Gasteiger partial charge in [0, 0.05) is 105 Å². The van der Waals surface area contributed by atoms with Crippen LogP contribution in [0.1, 0.15) is 84.7 Å². The molecule has 3 saturated heterocycles. The fourth-order valence-electron chi connectivity index (χ4n) is 14.9. The van der Waals surface area contributed by atoms with E-state index in [4.69, 9.17) is 29.0 Å². The normalized spacial score (nSPS) is 18.5. The summed E-state index contributed by atoms with van der Waals surface area (Å²) in [6.45, 7) is 18.1. The first-order valence-corrected chi connectivity index (χ1v) is 47.9. The van der Waals surface area contributed by atoms with Gasteiger partial charge < -0.3 is 64.8 Å². The number of aromatic amines is 1. The summed E-state index contributed by atoms with van der Waals surface area (Å²) >= 11 is 3.42. The van der Waals surface area contributed by atoms with Crippen molar-refractivity contribution in [1.82, 2.24) is 55.8 Å². The lowest BCUT2D eigenvalue weighted by molar-refractivity contribution is -0.136. The Hall–Kier alpha value is -12.8. The molecule has 4 atom stereocenters. The number of halogens is 3. The SMILES string of the molecule is CC#CCOc1ccc2c(c1)C(=O)N(C[C@@]1(c3ccc(-c4ccc[nH]c4=O)cc3)NC(=O)NC1=O)C2.CC#CCOc1ccc2c(c1)C(=O)N(C[C@@]1(c3ccc(-c4cccnc4F)cc3)NC(=O)N(COCC[Si](C)(C)C)C1=O)C2.C[Si](C)(C)CCOCN1C(=O)N[C@@](CC2Cc3ccc(O)cc3C2=O)(c2ccc(Br)cc2)C1=O.OB(O)c1cccnc1F. The number of urea groups is 3. The Morgan fingerprint density at radius 2 is 1.03 bits per heavy atom. The number of phenols is 1. The number of aromatic hydroxyl groups is 1. The highest BCUT2D eigenvalue weighted by molar-refractivity contribution is 9.10. The van der Waals surface area contributed by atoms with Crippen molar-refractivity contribution in [2.45, 2.75) is 108 Å². The Bertz CT molecular complexity index is 5800. The third-order valence-corrected chi connectivity index (χ3v) is 25.5. The average Bonchev–Trinajstić information content (AvgIpc) is 1.59. The molecule has 1 unspecified atom stereocenters. The maximum absolute atomic E-state index is 14.4. The van der Waals surface area contributed by atoms with E-state index >= 15 is 0 Å². The van der Waals surface area contributed by atoms with Crippen molar-refractivity contribution in [3.8, 4) is 63.2 Å². The molecule has 5 aliphatic heterocycles. The number of ether oxygens (including phenoxy) is 4. The summed E-state index contributed by atoms with van der Waals surface area (Å²) in [5.41, 5.74) is 2.52. The number of aromatic nitrogens is 3. The van der Waals surface area contributed by atoms with Gasteiger partial charge in [-0.05, 0) is 162 Å². The van der Waals surface area contributed by atoms with Crippen LogP contribution < -0.4 is 41.8 Å². The topological polar surface area (TPSA) is 371 Å². The molecule has 6 aliphatic rings. The second-order valence-corrected chi connectivity index (χ2v) is 44.7. The molecule has 1 aliphatic carbocycles. The molecule has 34 heteroatoms. The van der Waals surface area contributed by atoms with Crippen LogP contribution in [0, 0.1) is 41.5 Å².